The zero-order valence-corrected chi connectivity index (χ0v) is 8.90. The van der Waals surface area contributed by atoms with E-state index in [0.717, 1.165) is 0 Å². The maximum Gasteiger partial charge on any atom is 0.309 e. The van der Waals surface area contributed by atoms with Crippen LogP contribution in [0.2, 0.25) is 0 Å². The quantitative estimate of drug-likeness (QED) is 0.803. The van der Waals surface area contributed by atoms with Crippen molar-refractivity contribution in [3.63, 3.8) is 0 Å². The van der Waals surface area contributed by atoms with E-state index >= 15 is 0 Å². The van der Waals surface area contributed by atoms with Crippen LogP contribution in [-0.4, -0.2) is 16.2 Å². The third-order valence-electron chi connectivity index (χ3n) is 3.40. The summed E-state index contributed by atoms with van der Waals surface area (Å²) in [5.74, 6) is -2.29. The van der Waals surface area contributed by atoms with E-state index in [2.05, 4.69) is 0 Å². The Hall–Kier alpha value is -1.42. The first-order valence-corrected chi connectivity index (χ1v) is 5.19. The van der Waals surface area contributed by atoms with Crippen LogP contribution >= 0.6 is 0 Å². The molecule has 1 aliphatic carbocycles. The van der Waals surface area contributed by atoms with Gasteiger partial charge in [-0.05, 0) is 43.0 Å². The number of aliphatic carboxylic acids is 1. The Morgan fingerprint density at radius 3 is 2.88 bits per heavy atom. The van der Waals surface area contributed by atoms with Gasteiger partial charge in [-0.1, -0.05) is 6.07 Å². The second-order valence-corrected chi connectivity index (χ2v) is 4.29. The van der Waals surface area contributed by atoms with Gasteiger partial charge in [-0.2, -0.15) is 0 Å². The van der Waals surface area contributed by atoms with Gasteiger partial charge in [0, 0.05) is 0 Å². The van der Waals surface area contributed by atoms with Crippen molar-refractivity contribution in [3.05, 3.63) is 35.1 Å². The summed E-state index contributed by atoms with van der Waals surface area (Å²) in [7, 11) is 0. The van der Waals surface area contributed by atoms with Crippen molar-refractivity contribution in [3.8, 4) is 0 Å². The molecule has 2 rings (SSSR count). The summed E-state index contributed by atoms with van der Waals surface area (Å²) in [6.45, 7) is 1.47. The number of aliphatic hydroxyl groups is 1. The molecule has 0 radical (unpaired) electrons. The number of rotatable bonds is 2. The molecule has 0 amide bonds. The Kier molecular flexibility index (Phi) is 2.46. The first kappa shape index (κ1) is 11.1. The minimum Gasteiger partial charge on any atom is -0.481 e. The summed E-state index contributed by atoms with van der Waals surface area (Å²) in [6.07, 6.45) is 0.848. The van der Waals surface area contributed by atoms with E-state index in [1.165, 1.54) is 25.1 Å². The molecule has 16 heavy (non-hydrogen) atoms. The highest BCUT2D eigenvalue weighted by Gasteiger charge is 2.44. The summed E-state index contributed by atoms with van der Waals surface area (Å²) >= 11 is 0. The van der Waals surface area contributed by atoms with Gasteiger partial charge < -0.3 is 10.2 Å². The molecular formula is C12H13FO3. The van der Waals surface area contributed by atoms with Crippen molar-refractivity contribution in [1.82, 2.24) is 0 Å². The lowest BCUT2D eigenvalue weighted by atomic mass is 9.83. The lowest BCUT2D eigenvalue weighted by Crippen LogP contribution is -2.36. The fourth-order valence-electron chi connectivity index (χ4n) is 2.31. The first-order chi connectivity index (χ1) is 7.45. The highest BCUT2D eigenvalue weighted by Crippen LogP contribution is 2.42. The minimum absolute atomic E-state index is 0.333. The molecule has 0 saturated heterocycles. The molecule has 86 valence electrons. The lowest BCUT2D eigenvalue weighted by molar-refractivity contribution is -0.151. The van der Waals surface area contributed by atoms with Gasteiger partial charge in [-0.15, -0.1) is 0 Å². The second-order valence-electron chi connectivity index (χ2n) is 4.29. The van der Waals surface area contributed by atoms with E-state index in [1.54, 1.807) is 0 Å². The van der Waals surface area contributed by atoms with Gasteiger partial charge in [0.25, 0.3) is 0 Å². The van der Waals surface area contributed by atoms with Crippen LogP contribution in [-0.2, 0) is 16.8 Å². The predicted molar refractivity (Wildman–Crippen MR) is 55.4 cm³/mol. The average molecular weight is 224 g/mol. The topological polar surface area (TPSA) is 57.5 Å². The van der Waals surface area contributed by atoms with Crippen LogP contribution in [0.1, 0.15) is 24.5 Å². The number of carboxylic acid groups (broad SMARTS) is 1. The van der Waals surface area contributed by atoms with Crippen molar-refractivity contribution >= 4 is 5.97 Å². The third kappa shape index (κ3) is 1.50. The molecule has 0 fully saturated rings. The van der Waals surface area contributed by atoms with Gasteiger partial charge in [0.05, 0.1) is 5.92 Å². The standard InChI is InChI=1S/C12H13FO3/c1-7(11(14)15)12(16)5-4-8-6-9(13)2-3-10(8)12/h2-3,6-7,16H,4-5H2,1H3,(H,14,15). The van der Waals surface area contributed by atoms with Gasteiger partial charge in [-0.25, -0.2) is 4.39 Å². The molecule has 3 nitrogen and oxygen atoms in total. The average Bonchev–Trinajstić information content (AvgIpc) is 2.56. The minimum atomic E-state index is -1.37. The Morgan fingerprint density at radius 1 is 1.56 bits per heavy atom. The van der Waals surface area contributed by atoms with E-state index in [4.69, 9.17) is 5.11 Å². The molecular weight excluding hydrogens is 211 g/mol. The number of carboxylic acids is 1. The van der Waals surface area contributed by atoms with Crippen LogP contribution in [0, 0.1) is 11.7 Å². The number of halogens is 1. The molecule has 0 aliphatic heterocycles. The van der Waals surface area contributed by atoms with Crippen LogP contribution in [0.4, 0.5) is 4.39 Å². The zero-order chi connectivity index (χ0) is 11.9. The maximum absolute atomic E-state index is 13.0. The first-order valence-electron chi connectivity index (χ1n) is 5.19. The number of hydrogen-bond acceptors (Lipinski definition) is 2. The van der Waals surface area contributed by atoms with Crippen LogP contribution < -0.4 is 0 Å². The van der Waals surface area contributed by atoms with Crippen LogP contribution in [0.15, 0.2) is 18.2 Å². The smallest absolute Gasteiger partial charge is 0.309 e. The largest absolute Gasteiger partial charge is 0.481 e. The third-order valence-corrected chi connectivity index (χ3v) is 3.40. The summed E-state index contributed by atoms with van der Waals surface area (Å²) < 4.78 is 13.0. The number of fused-ring (bicyclic) bond motifs is 1. The van der Waals surface area contributed by atoms with Crippen molar-refractivity contribution in [2.75, 3.05) is 0 Å². The molecule has 1 aliphatic rings. The molecule has 0 heterocycles. The molecule has 0 spiro atoms. The predicted octanol–water partition coefficient (Wildman–Crippen LogP) is 1.68. The Balaban J connectivity index is 2.46. The molecule has 4 heteroatoms. The molecule has 2 unspecified atom stereocenters. The number of aryl methyl sites for hydroxylation is 1. The molecule has 1 aromatic rings. The van der Waals surface area contributed by atoms with Gasteiger partial charge in [0.2, 0.25) is 0 Å². The lowest BCUT2D eigenvalue weighted by Gasteiger charge is -2.28. The highest BCUT2D eigenvalue weighted by molar-refractivity contribution is 5.72. The van der Waals surface area contributed by atoms with Crippen LogP contribution in [0.3, 0.4) is 0 Å². The summed E-state index contributed by atoms with van der Waals surface area (Å²) in [5.41, 5.74) is -0.117. The van der Waals surface area contributed by atoms with E-state index in [0.29, 0.717) is 24.0 Å². The summed E-state index contributed by atoms with van der Waals surface area (Å²) in [4.78, 5) is 10.9. The molecule has 1 aromatic carbocycles. The molecule has 0 saturated carbocycles. The van der Waals surface area contributed by atoms with Crippen molar-refractivity contribution < 1.29 is 19.4 Å². The fraction of sp³-hybridized carbons (Fsp3) is 0.417. The van der Waals surface area contributed by atoms with Crippen molar-refractivity contribution in [2.45, 2.75) is 25.4 Å². The van der Waals surface area contributed by atoms with E-state index in [-0.39, 0.29) is 5.82 Å². The van der Waals surface area contributed by atoms with E-state index < -0.39 is 17.5 Å². The van der Waals surface area contributed by atoms with Gasteiger partial charge in [0.1, 0.15) is 11.4 Å². The van der Waals surface area contributed by atoms with E-state index in [9.17, 15) is 14.3 Å². The Morgan fingerprint density at radius 2 is 2.25 bits per heavy atom. The van der Waals surface area contributed by atoms with Crippen LogP contribution in [0.5, 0.6) is 0 Å². The molecule has 2 atom stereocenters. The van der Waals surface area contributed by atoms with Gasteiger partial charge in [-0.3, -0.25) is 4.79 Å². The van der Waals surface area contributed by atoms with Crippen molar-refractivity contribution in [1.29, 1.82) is 0 Å². The molecule has 0 bridgehead atoms. The normalized spacial score (nSPS) is 25.2. The number of hydrogen-bond donors (Lipinski definition) is 2. The monoisotopic (exact) mass is 224 g/mol. The van der Waals surface area contributed by atoms with E-state index in [1.807, 2.05) is 0 Å². The highest BCUT2D eigenvalue weighted by atomic mass is 19.1. The summed E-state index contributed by atoms with van der Waals surface area (Å²) in [6, 6.07) is 4.10. The second kappa shape index (κ2) is 3.56. The maximum atomic E-state index is 13.0. The van der Waals surface area contributed by atoms with Crippen molar-refractivity contribution in [2.24, 2.45) is 5.92 Å². The SMILES string of the molecule is CC(C(=O)O)C1(O)CCc2cc(F)ccc21. The van der Waals surface area contributed by atoms with Gasteiger partial charge in [0.15, 0.2) is 0 Å². The molecule has 0 aromatic heterocycles. The fourth-order valence-corrected chi connectivity index (χ4v) is 2.31. The Bertz CT molecular complexity index is 444. The Labute approximate surface area is 92.5 Å². The summed E-state index contributed by atoms with van der Waals surface area (Å²) in [5, 5.41) is 19.3. The molecule has 2 N–H and O–H groups in total. The number of carbonyl (C=O) groups is 1. The number of benzene rings is 1. The van der Waals surface area contributed by atoms with Gasteiger partial charge >= 0.3 is 5.97 Å². The van der Waals surface area contributed by atoms with Crippen LogP contribution in [0.25, 0.3) is 0 Å². The zero-order valence-electron chi connectivity index (χ0n) is 8.90.